The van der Waals surface area contributed by atoms with Gasteiger partial charge in [-0.15, -0.1) is 0 Å². The molecule has 150 valence electrons. The summed E-state index contributed by atoms with van der Waals surface area (Å²) in [7, 11) is 0. The molecule has 0 spiro atoms. The summed E-state index contributed by atoms with van der Waals surface area (Å²) < 4.78 is 2.38. The average Bonchev–Trinajstić information content (AvgIpc) is 2.73. The number of aryl methyl sites for hydroxylation is 2. The van der Waals surface area contributed by atoms with Crippen LogP contribution in [0.2, 0.25) is 0 Å². The first-order valence-electron chi connectivity index (χ1n) is 10.4. The molecule has 1 aliphatic rings. The summed E-state index contributed by atoms with van der Waals surface area (Å²) >= 11 is 0. The zero-order valence-corrected chi connectivity index (χ0v) is 19.7. The van der Waals surface area contributed by atoms with Gasteiger partial charge in [-0.05, 0) is 55.3 Å². The highest BCUT2D eigenvalue weighted by atomic mass is 127. The van der Waals surface area contributed by atoms with E-state index in [0.717, 1.165) is 13.1 Å². The number of allylic oxidation sites excluding steroid dienone is 1. The highest BCUT2D eigenvalue weighted by Crippen LogP contribution is 2.33. The van der Waals surface area contributed by atoms with Crippen LogP contribution in [0.1, 0.15) is 43.4 Å². The lowest BCUT2D eigenvalue weighted by Gasteiger charge is -2.29. The number of unbranched alkanes of at least 4 members (excludes halogenated alkanes) is 1. The standard InChI is InChI=1S/C26H29N2.HI/c1-4-6-16-27-17-15-21(24-9-7-8-10-26(24)27)19-23-13-12-22-18-20(3)11-14-25(22)28(23)5-2;/h7-15,17-19H,4-6,16H2,1-3H3;1H/q+1;/p-1. The molecule has 0 atom stereocenters. The lowest BCUT2D eigenvalue weighted by Crippen LogP contribution is -3.00. The van der Waals surface area contributed by atoms with Crippen LogP contribution in [-0.4, -0.2) is 6.54 Å². The van der Waals surface area contributed by atoms with Gasteiger partial charge in [0.15, 0.2) is 6.20 Å². The van der Waals surface area contributed by atoms with Crippen LogP contribution in [0.25, 0.3) is 23.1 Å². The molecule has 0 fully saturated rings. The van der Waals surface area contributed by atoms with Crippen LogP contribution >= 0.6 is 0 Å². The van der Waals surface area contributed by atoms with Crippen molar-refractivity contribution in [2.24, 2.45) is 0 Å². The molecule has 2 aromatic carbocycles. The van der Waals surface area contributed by atoms with Gasteiger partial charge in [-0.1, -0.05) is 43.2 Å². The summed E-state index contributed by atoms with van der Waals surface area (Å²) in [4.78, 5) is 2.40. The second-order valence-corrected chi connectivity index (χ2v) is 7.54. The van der Waals surface area contributed by atoms with E-state index in [9.17, 15) is 0 Å². The molecule has 2 heterocycles. The smallest absolute Gasteiger partial charge is 0.213 e. The van der Waals surface area contributed by atoms with E-state index in [1.165, 1.54) is 51.8 Å². The fourth-order valence-corrected chi connectivity index (χ4v) is 4.05. The molecule has 29 heavy (non-hydrogen) atoms. The van der Waals surface area contributed by atoms with Crippen LogP contribution in [0, 0.1) is 6.92 Å². The van der Waals surface area contributed by atoms with Crippen LogP contribution in [0.4, 0.5) is 5.69 Å². The van der Waals surface area contributed by atoms with Gasteiger partial charge in [0, 0.05) is 36.5 Å². The number of halogens is 1. The molecule has 0 N–H and O–H groups in total. The minimum absolute atomic E-state index is 0. The zero-order valence-electron chi connectivity index (χ0n) is 17.5. The van der Waals surface area contributed by atoms with Gasteiger partial charge in [-0.3, -0.25) is 0 Å². The fraction of sp³-hybridized carbons (Fsp3) is 0.269. The van der Waals surface area contributed by atoms with Crippen molar-refractivity contribution in [3.05, 3.63) is 83.2 Å². The summed E-state index contributed by atoms with van der Waals surface area (Å²) in [6.07, 6.45) is 11.5. The monoisotopic (exact) mass is 496 g/mol. The Kier molecular flexibility index (Phi) is 7.12. The third-order valence-electron chi connectivity index (χ3n) is 5.55. The number of fused-ring (bicyclic) bond motifs is 2. The van der Waals surface area contributed by atoms with Gasteiger partial charge in [-0.25, -0.2) is 0 Å². The number of likely N-dealkylation sites (N-methyl/N-ethyl adjacent to an activating group) is 1. The van der Waals surface area contributed by atoms with Crippen LogP contribution in [-0.2, 0) is 6.54 Å². The Bertz CT molecular complexity index is 1070. The Morgan fingerprint density at radius 3 is 2.62 bits per heavy atom. The van der Waals surface area contributed by atoms with Crippen LogP contribution in [0.15, 0.2) is 66.5 Å². The van der Waals surface area contributed by atoms with Gasteiger partial charge >= 0.3 is 0 Å². The maximum atomic E-state index is 2.40. The minimum atomic E-state index is 0. The number of rotatable bonds is 5. The van der Waals surface area contributed by atoms with Crippen molar-refractivity contribution >= 4 is 28.7 Å². The lowest BCUT2D eigenvalue weighted by molar-refractivity contribution is -0.671. The average molecular weight is 496 g/mol. The molecule has 1 aromatic heterocycles. The van der Waals surface area contributed by atoms with Gasteiger partial charge in [-0.2, -0.15) is 4.57 Å². The second kappa shape index (κ2) is 9.57. The number of aromatic nitrogens is 1. The van der Waals surface area contributed by atoms with Crippen molar-refractivity contribution in [3.8, 4) is 0 Å². The van der Waals surface area contributed by atoms with Crippen LogP contribution < -0.4 is 33.4 Å². The van der Waals surface area contributed by atoms with Gasteiger partial charge in [0.2, 0.25) is 5.52 Å². The molecule has 0 unspecified atom stereocenters. The predicted octanol–water partition coefficient (Wildman–Crippen LogP) is 3.13. The number of anilines is 1. The summed E-state index contributed by atoms with van der Waals surface area (Å²) in [5.41, 5.74) is 7.73. The first kappa shape index (κ1) is 21.6. The Balaban J connectivity index is 0.00000240. The summed E-state index contributed by atoms with van der Waals surface area (Å²) in [5.74, 6) is 0. The summed E-state index contributed by atoms with van der Waals surface area (Å²) in [6.45, 7) is 8.64. The predicted molar refractivity (Wildman–Crippen MR) is 120 cm³/mol. The van der Waals surface area contributed by atoms with E-state index in [4.69, 9.17) is 0 Å². The largest absolute Gasteiger partial charge is 1.00 e. The summed E-state index contributed by atoms with van der Waals surface area (Å²) in [6, 6.07) is 17.7. The van der Waals surface area contributed by atoms with Crippen molar-refractivity contribution < 1.29 is 28.5 Å². The van der Waals surface area contributed by atoms with Crippen molar-refractivity contribution in [2.45, 2.75) is 40.2 Å². The topological polar surface area (TPSA) is 7.12 Å². The molecule has 3 aromatic rings. The molecule has 0 bridgehead atoms. The highest BCUT2D eigenvalue weighted by molar-refractivity contribution is 5.88. The Labute approximate surface area is 191 Å². The maximum Gasteiger partial charge on any atom is 0.213 e. The first-order chi connectivity index (χ1) is 13.7. The van der Waals surface area contributed by atoms with E-state index < -0.39 is 0 Å². The zero-order chi connectivity index (χ0) is 19.5. The number of para-hydroxylation sites is 1. The van der Waals surface area contributed by atoms with Crippen molar-refractivity contribution in [1.29, 1.82) is 0 Å². The molecule has 0 radical (unpaired) electrons. The highest BCUT2D eigenvalue weighted by Gasteiger charge is 2.17. The molecular weight excluding hydrogens is 467 g/mol. The minimum Gasteiger partial charge on any atom is -1.00 e. The number of pyridine rings is 1. The first-order valence-corrected chi connectivity index (χ1v) is 10.4. The number of benzene rings is 2. The maximum absolute atomic E-state index is 2.40. The van der Waals surface area contributed by atoms with E-state index in [1.54, 1.807) is 0 Å². The van der Waals surface area contributed by atoms with Gasteiger partial charge in [0.25, 0.3) is 0 Å². The third kappa shape index (κ3) is 4.40. The Hall–Kier alpha value is -2.14. The lowest BCUT2D eigenvalue weighted by atomic mass is 10.0. The van der Waals surface area contributed by atoms with Crippen LogP contribution in [0.5, 0.6) is 0 Å². The Morgan fingerprint density at radius 1 is 1.00 bits per heavy atom. The summed E-state index contributed by atoms with van der Waals surface area (Å²) in [5, 5.41) is 1.31. The van der Waals surface area contributed by atoms with Crippen molar-refractivity contribution in [3.63, 3.8) is 0 Å². The molecule has 2 nitrogen and oxygen atoms in total. The molecule has 0 amide bonds. The van der Waals surface area contributed by atoms with E-state index >= 15 is 0 Å². The molecule has 0 saturated heterocycles. The molecule has 4 rings (SSSR count). The number of nitrogens with zero attached hydrogens (tertiary/aromatic N) is 2. The second-order valence-electron chi connectivity index (χ2n) is 7.54. The molecule has 0 saturated carbocycles. The quantitative estimate of drug-likeness (QED) is 0.389. The van der Waals surface area contributed by atoms with Gasteiger partial charge in [0.05, 0.1) is 5.39 Å². The Morgan fingerprint density at radius 2 is 1.83 bits per heavy atom. The number of hydrogen-bond acceptors (Lipinski definition) is 1. The van der Waals surface area contributed by atoms with Crippen molar-refractivity contribution in [1.82, 2.24) is 0 Å². The van der Waals surface area contributed by atoms with Gasteiger partial charge in [0.1, 0.15) is 6.54 Å². The van der Waals surface area contributed by atoms with Crippen LogP contribution in [0.3, 0.4) is 0 Å². The van der Waals surface area contributed by atoms with E-state index in [2.05, 4.69) is 103 Å². The molecule has 1 aliphatic heterocycles. The number of hydrogen-bond donors (Lipinski definition) is 0. The normalized spacial score (nSPS) is 14.2. The fourth-order valence-electron chi connectivity index (χ4n) is 4.05. The van der Waals surface area contributed by atoms with E-state index in [-0.39, 0.29) is 24.0 Å². The van der Waals surface area contributed by atoms with Gasteiger partial charge < -0.3 is 28.9 Å². The SMILES string of the molecule is CCCC[n+]1ccc(/C=C2\C=Cc3cc(C)ccc3N2CC)c2ccccc21.[I-]. The third-order valence-corrected chi connectivity index (χ3v) is 5.55. The molecule has 0 aliphatic carbocycles. The van der Waals surface area contributed by atoms with E-state index in [1.807, 2.05) is 0 Å². The molecular formula is C26H29IN2. The molecule has 3 heteroatoms. The van der Waals surface area contributed by atoms with E-state index in [0.29, 0.717) is 0 Å². The van der Waals surface area contributed by atoms with Crippen molar-refractivity contribution in [2.75, 3.05) is 11.4 Å².